The second-order valence-corrected chi connectivity index (χ2v) is 15.6. The van der Waals surface area contributed by atoms with Crippen molar-refractivity contribution in [2.75, 3.05) is 19.8 Å². The summed E-state index contributed by atoms with van der Waals surface area (Å²) in [6.07, 6.45) is 58.1. The van der Waals surface area contributed by atoms with E-state index in [1.165, 1.54) is 135 Å². The van der Waals surface area contributed by atoms with E-state index < -0.39 is 6.10 Å². The molecule has 0 amide bonds. The van der Waals surface area contributed by atoms with Crippen molar-refractivity contribution < 1.29 is 23.8 Å². The second kappa shape index (κ2) is 47.0. The van der Waals surface area contributed by atoms with Gasteiger partial charge in [-0.2, -0.15) is 0 Å². The smallest absolute Gasteiger partial charge is 0.306 e. The first-order chi connectivity index (χ1) is 27.6. The Morgan fingerprint density at radius 2 is 0.839 bits per heavy atom. The zero-order valence-electron chi connectivity index (χ0n) is 37.1. The van der Waals surface area contributed by atoms with Gasteiger partial charge in [-0.3, -0.25) is 9.59 Å². The number of rotatable bonds is 43. The first-order valence-electron chi connectivity index (χ1n) is 23.8. The molecule has 1 unspecified atom stereocenters. The van der Waals surface area contributed by atoms with Crippen LogP contribution in [0.3, 0.4) is 0 Å². The molecule has 0 rings (SSSR count). The molecule has 0 spiro atoms. The Balaban J connectivity index is 4.26. The Bertz CT molecular complexity index is 977. The fourth-order valence-electron chi connectivity index (χ4n) is 6.52. The van der Waals surface area contributed by atoms with Gasteiger partial charge in [-0.05, 0) is 70.6 Å². The average Bonchev–Trinajstić information content (AvgIpc) is 3.20. The van der Waals surface area contributed by atoms with Crippen molar-refractivity contribution in [3.05, 3.63) is 60.8 Å². The van der Waals surface area contributed by atoms with Crippen LogP contribution in [0.5, 0.6) is 0 Å². The first kappa shape index (κ1) is 53.6. The summed E-state index contributed by atoms with van der Waals surface area (Å²) in [6, 6.07) is 0. The lowest BCUT2D eigenvalue weighted by Gasteiger charge is -2.18. The molecule has 0 aliphatic rings. The van der Waals surface area contributed by atoms with Gasteiger partial charge >= 0.3 is 11.9 Å². The van der Waals surface area contributed by atoms with E-state index in [0.29, 0.717) is 25.9 Å². The predicted molar refractivity (Wildman–Crippen MR) is 242 cm³/mol. The largest absolute Gasteiger partial charge is 0.462 e. The van der Waals surface area contributed by atoms with Crippen LogP contribution in [0.1, 0.15) is 226 Å². The van der Waals surface area contributed by atoms with Crippen molar-refractivity contribution in [3.8, 4) is 0 Å². The topological polar surface area (TPSA) is 61.8 Å². The molecule has 5 heteroatoms. The molecule has 0 N–H and O–H groups in total. The molecular weight excluding hydrogens is 693 g/mol. The van der Waals surface area contributed by atoms with E-state index in [-0.39, 0.29) is 25.2 Å². The molecule has 0 aromatic rings. The summed E-state index contributed by atoms with van der Waals surface area (Å²) >= 11 is 0. The number of ether oxygens (including phenoxy) is 3. The third-order valence-electron chi connectivity index (χ3n) is 10.1. The highest BCUT2D eigenvalue weighted by atomic mass is 16.6. The molecule has 0 bridgehead atoms. The maximum absolute atomic E-state index is 12.7. The van der Waals surface area contributed by atoms with Crippen LogP contribution in [-0.2, 0) is 23.8 Å². The monoisotopic (exact) mass is 783 g/mol. The SMILES string of the molecule is CC/C=C\C/C=C\C/C=C\C/C=C\CCC(=O)OCC(COCCCCCCCCCC/C=C\CCCCCCCC)OC(=O)CCCCCCCCCCC. The molecule has 0 aromatic heterocycles. The zero-order valence-corrected chi connectivity index (χ0v) is 37.1. The van der Waals surface area contributed by atoms with Crippen LogP contribution in [0, 0.1) is 0 Å². The lowest BCUT2D eigenvalue weighted by Crippen LogP contribution is -2.30. The Kier molecular flexibility index (Phi) is 45.0. The van der Waals surface area contributed by atoms with Gasteiger partial charge in [0.2, 0.25) is 0 Å². The van der Waals surface area contributed by atoms with Gasteiger partial charge in [-0.15, -0.1) is 0 Å². The molecule has 0 fully saturated rings. The molecule has 0 aliphatic carbocycles. The lowest BCUT2D eigenvalue weighted by atomic mass is 10.1. The Hall–Kier alpha value is -2.40. The fraction of sp³-hybridized carbons (Fsp3) is 0.765. The maximum Gasteiger partial charge on any atom is 0.306 e. The van der Waals surface area contributed by atoms with E-state index in [0.717, 1.165) is 51.4 Å². The first-order valence-corrected chi connectivity index (χ1v) is 23.8. The van der Waals surface area contributed by atoms with Crippen LogP contribution in [0.25, 0.3) is 0 Å². The third-order valence-corrected chi connectivity index (χ3v) is 10.1. The number of carbonyl (C=O) groups is 2. The fourth-order valence-corrected chi connectivity index (χ4v) is 6.52. The van der Waals surface area contributed by atoms with E-state index in [1.54, 1.807) is 0 Å². The lowest BCUT2D eigenvalue weighted by molar-refractivity contribution is -0.162. The standard InChI is InChI=1S/C51H90O5/c1-4-7-10-13-16-19-21-23-24-25-26-27-29-31-34-37-40-43-46-54-47-49(56-51(53)45-42-39-36-32-18-15-12-9-6-3)48-55-50(52)44-41-38-35-33-30-28-22-20-17-14-11-8-5-2/h8,11,17,20,23-24,28,30,35,38,49H,4-7,9-10,12-16,18-19,21-22,25-27,29,31-34,36-37,39-48H2,1-3H3/b11-8-,20-17-,24-23-,30-28-,38-35-. The molecule has 0 heterocycles. The van der Waals surface area contributed by atoms with Crippen LogP contribution in [0.4, 0.5) is 0 Å². The van der Waals surface area contributed by atoms with Crippen molar-refractivity contribution in [3.63, 3.8) is 0 Å². The second-order valence-electron chi connectivity index (χ2n) is 15.6. The minimum absolute atomic E-state index is 0.0471. The Morgan fingerprint density at radius 1 is 0.411 bits per heavy atom. The third kappa shape index (κ3) is 44.3. The molecule has 56 heavy (non-hydrogen) atoms. The normalized spacial score (nSPS) is 12.7. The van der Waals surface area contributed by atoms with Crippen molar-refractivity contribution >= 4 is 11.9 Å². The highest BCUT2D eigenvalue weighted by Gasteiger charge is 2.17. The molecule has 0 aliphatic heterocycles. The van der Waals surface area contributed by atoms with E-state index in [4.69, 9.17) is 14.2 Å². The highest BCUT2D eigenvalue weighted by Crippen LogP contribution is 2.13. The number of unbranched alkanes of at least 4 members (excludes halogenated alkanes) is 22. The van der Waals surface area contributed by atoms with Gasteiger partial charge in [0.25, 0.3) is 0 Å². The van der Waals surface area contributed by atoms with Crippen LogP contribution in [-0.4, -0.2) is 37.9 Å². The van der Waals surface area contributed by atoms with E-state index in [1.807, 2.05) is 6.08 Å². The van der Waals surface area contributed by atoms with Crippen LogP contribution in [0.2, 0.25) is 0 Å². The number of hydrogen-bond donors (Lipinski definition) is 0. The maximum atomic E-state index is 12.7. The van der Waals surface area contributed by atoms with Crippen molar-refractivity contribution in [2.45, 2.75) is 232 Å². The molecule has 5 nitrogen and oxygen atoms in total. The summed E-state index contributed by atoms with van der Waals surface area (Å²) in [5.41, 5.74) is 0. The van der Waals surface area contributed by atoms with Gasteiger partial charge in [0.05, 0.1) is 6.61 Å². The van der Waals surface area contributed by atoms with E-state index in [9.17, 15) is 9.59 Å². The van der Waals surface area contributed by atoms with Gasteiger partial charge < -0.3 is 14.2 Å². The van der Waals surface area contributed by atoms with Gasteiger partial charge in [-0.25, -0.2) is 0 Å². The summed E-state index contributed by atoms with van der Waals surface area (Å²) in [7, 11) is 0. The van der Waals surface area contributed by atoms with Gasteiger partial charge in [-0.1, -0.05) is 204 Å². The molecule has 0 radical (unpaired) electrons. The quantitative estimate of drug-likeness (QED) is 0.0350. The predicted octanol–water partition coefficient (Wildman–Crippen LogP) is 15.8. The molecule has 0 saturated heterocycles. The highest BCUT2D eigenvalue weighted by molar-refractivity contribution is 5.70. The van der Waals surface area contributed by atoms with Crippen molar-refractivity contribution in [1.29, 1.82) is 0 Å². The minimum Gasteiger partial charge on any atom is -0.462 e. The zero-order chi connectivity index (χ0) is 40.7. The van der Waals surface area contributed by atoms with Crippen LogP contribution >= 0.6 is 0 Å². The molecule has 0 saturated carbocycles. The van der Waals surface area contributed by atoms with E-state index >= 15 is 0 Å². The number of esters is 2. The number of allylic oxidation sites excluding steroid dienone is 10. The Labute approximate surface area is 347 Å². The summed E-state index contributed by atoms with van der Waals surface area (Å²) in [5, 5.41) is 0. The van der Waals surface area contributed by atoms with Crippen LogP contribution in [0.15, 0.2) is 60.8 Å². The van der Waals surface area contributed by atoms with E-state index in [2.05, 4.69) is 75.5 Å². The van der Waals surface area contributed by atoms with Gasteiger partial charge in [0.1, 0.15) is 6.61 Å². The Morgan fingerprint density at radius 3 is 1.36 bits per heavy atom. The van der Waals surface area contributed by atoms with Gasteiger partial charge in [0.15, 0.2) is 6.10 Å². The van der Waals surface area contributed by atoms with Crippen LogP contribution < -0.4 is 0 Å². The van der Waals surface area contributed by atoms with Crippen molar-refractivity contribution in [2.24, 2.45) is 0 Å². The summed E-state index contributed by atoms with van der Waals surface area (Å²) in [6.45, 7) is 7.62. The molecule has 0 aromatic carbocycles. The van der Waals surface area contributed by atoms with Gasteiger partial charge in [0, 0.05) is 19.4 Å². The molecule has 1 atom stereocenters. The average molecular weight is 783 g/mol. The molecule has 324 valence electrons. The minimum atomic E-state index is -0.562. The summed E-state index contributed by atoms with van der Waals surface area (Å²) in [4.78, 5) is 25.2. The summed E-state index contributed by atoms with van der Waals surface area (Å²) < 4.78 is 17.2. The molecular formula is C51H90O5. The van der Waals surface area contributed by atoms with Crippen molar-refractivity contribution in [1.82, 2.24) is 0 Å². The number of carbonyl (C=O) groups excluding carboxylic acids is 2. The number of hydrogen-bond acceptors (Lipinski definition) is 5. The summed E-state index contributed by atoms with van der Waals surface area (Å²) in [5.74, 6) is -0.492.